The van der Waals surface area contributed by atoms with Crippen molar-refractivity contribution in [2.24, 2.45) is 0 Å². The molecule has 0 unspecified atom stereocenters. The lowest BCUT2D eigenvalue weighted by Crippen LogP contribution is -2.27. The number of hydrogen-bond donors (Lipinski definition) is 1. The van der Waals surface area contributed by atoms with Crippen LogP contribution in [0.1, 0.15) is 0 Å². The first-order valence-corrected chi connectivity index (χ1v) is 8.63. The van der Waals surface area contributed by atoms with E-state index in [1.165, 1.54) is 40.1 Å². The minimum absolute atomic E-state index is 0.0117. The fourth-order valence-electron chi connectivity index (χ4n) is 1.66. The highest BCUT2D eigenvalue weighted by molar-refractivity contribution is 8.01. The fraction of sp³-hybridized carbons (Fsp3) is 0.214. The predicted octanol–water partition coefficient (Wildman–Crippen LogP) is 2.80. The molecular formula is C14H15N5O3S2. The molecule has 0 fully saturated rings. The van der Waals surface area contributed by atoms with Crippen LogP contribution < -0.4 is 10.2 Å². The summed E-state index contributed by atoms with van der Waals surface area (Å²) < 4.78 is 0.687. The molecule has 0 atom stereocenters. The maximum absolute atomic E-state index is 12.2. The second-order valence-corrected chi connectivity index (χ2v) is 6.76. The Morgan fingerprint density at radius 1 is 1.46 bits per heavy atom. The molecule has 1 amide bonds. The Hall–Kier alpha value is -2.46. The molecule has 2 rings (SSSR count). The minimum Gasteiger partial charge on any atom is -0.357 e. The lowest BCUT2D eigenvalue weighted by molar-refractivity contribution is -0.384. The number of rotatable bonds is 8. The number of benzene rings is 1. The van der Waals surface area contributed by atoms with Gasteiger partial charge in [0.2, 0.25) is 11.0 Å². The average molecular weight is 365 g/mol. The summed E-state index contributed by atoms with van der Waals surface area (Å²) >= 11 is 2.66. The van der Waals surface area contributed by atoms with E-state index in [0.717, 1.165) is 0 Å². The minimum atomic E-state index is -0.477. The van der Waals surface area contributed by atoms with Crippen molar-refractivity contribution in [1.29, 1.82) is 0 Å². The summed E-state index contributed by atoms with van der Waals surface area (Å²) in [6.07, 6.45) is 1.72. The molecule has 0 aliphatic carbocycles. The Kier molecular flexibility index (Phi) is 6.27. The lowest BCUT2D eigenvalue weighted by atomic mass is 10.2. The van der Waals surface area contributed by atoms with E-state index in [0.29, 0.717) is 21.7 Å². The lowest BCUT2D eigenvalue weighted by Gasteiger charge is -2.16. The molecule has 0 spiro atoms. The number of non-ortho nitro benzene ring substituents is 1. The number of anilines is 2. The first-order valence-electron chi connectivity index (χ1n) is 6.83. The molecule has 0 radical (unpaired) electrons. The Morgan fingerprint density at radius 3 is 2.79 bits per heavy atom. The van der Waals surface area contributed by atoms with Crippen LogP contribution in [-0.2, 0) is 4.79 Å². The summed E-state index contributed by atoms with van der Waals surface area (Å²) in [6.45, 7) is 4.20. The maximum Gasteiger partial charge on any atom is 0.269 e. The van der Waals surface area contributed by atoms with Gasteiger partial charge in [0.05, 0.1) is 10.7 Å². The number of thioether (sulfide) groups is 1. The van der Waals surface area contributed by atoms with Crippen LogP contribution in [0.25, 0.3) is 0 Å². The molecule has 0 bridgehead atoms. The third kappa shape index (κ3) is 4.77. The van der Waals surface area contributed by atoms with Crippen molar-refractivity contribution < 1.29 is 9.72 Å². The molecule has 24 heavy (non-hydrogen) atoms. The van der Waals surface area contributed by atoms with Crippen molar-refractivity contribution in [2.45, 2.75) is 4.34 Å². The van der Waals surface area contributed by atoms with Crippen LogP contribution in [-0.4, -0.2) is 40.4 Å². The van der Waals surface area contributed by atoms with Crippen LogP contribution in [0.15, 0.2) is 41.3 Å². The summed E-state index contributed by atoms with van der Waals surface area (Å²) in [5.74, 6) is 0.0634. The molecule has 1 aromatic carbocycles. The number of nitrogens with zero attached hydrogens (tertiary/aromatic N) is 4. The van der Waals surface area contributed by atoms with Gasteiger partial charge in [0.1, 0.15) is 0 Å². The van der Waals surface area contributed by atoms with Crippen LogP contribution >= 0.6 is 23.1 Å². The number of amides is 1. The van der Waals surface area contributed by atoms with Crippen molar-refractivity contribution in [3.63, 3.8) is 0 Å². The largest absolute Gasteiger partial charge is 0.357 e. The van der Waals surface area contributed by atoms with Crippen molar-refractivity contribution in [2.75, 3.05) is 29.6 Å². The SMILES string of the molecule is C=CCNc1nnc(SCC(=O)N(C)c2ccc([N+](=O)[O-])cc2)s1. The fourth-order valence-corrected chi connectivity index (χ4v) is 3.33. The van der Waals surface area contributed by atoms with E-state index in [2.05, 4.69) is 22.1 Å². The molecule has 1 heterocycles. The smallest absolute Gasteiger partial charge is 0.269 e. The molecule has 10 heteroatoms. The average Bonchev–Trinajstić information content (AvgIpc) is 3.05. The van der Waals surface area contributed by atoms with Crippen molar-refractivity contribution >= 4 is 45.5 Å². The summed E-state index contributed by atoms with van der Waals surface area (Å²) in [5.41, 5.74) is 0.583. The van der Waals surface area contributed by atoms with E-state index in [4.69, 9.17) is 0 Å². The van der Waals surface area contributed by atoms with Gasteiger partial charge < -0.3 is 10.2 Å². The van der Waals surface area contributed by atoms with E-state index in [-0.39, 0.29) is 17.3 Å². The van der Waals surface area contributed by atoms with Gasteiger partial charge in [-0.3, -0.25) is 14.9 Å². The Morgan fingerprint density at radius 2 is 2.17 bits per heavy atom. The third-order valence-corrected chi connectivity index (χ3v) is 4.94. The molecule has 1 aromatic heterocycles. The zero-order valence-electron chi connectivity index (χ0n) is 12.8. The third-order valence-electron chi connectivity index (χ3n) is 2.95. The van der Waals surface area contributed by atoms with Gasteiger partial charge in [0.15, 0.2) is 4.34 Å². The number of carbonyl (C=O) groups is 1. The molecule has 0 saturated heterocycles. The predicted molar refractivity (Wildman–Crippen MR) is 95.8 cm³/mol. The summed E-state index contributed by atoms with van der Waals surface area (Å²) in [7, 11) is 1.63. The molecular weight excluding hydrogens is 350 g/mol. The standard InChI is InChI=1S/C14H15N5O3S2/c1-3-8-15-13-16-17-14(24-13)23-9-12(20)18(2)10-4-6-11(7-5-10)19(21)22/h3-7H,1,8-9H2,2H3,(H,15,16). The zero-order valence-corrected chi connectivity index (χ0v) is 14.5. The van der Waals surface area contributed by atoms with Crippen LogP contribution in [0.2, 0.25) is 0 Å². The molecule has 0 aliphatic heterocycles. The highest BCUT2D eigenvalue weighted by Crippen LogP contribution is 2.26. The van der Waals surface area contributed by atoms with Gasteiger partial charge in [-0.25, -0.2) is 0 Å². The maximum atomic E-state index is 12.2. The molecule has 0 aliphatic rings. The van der Waals surface area contributed by atoms with Crippen molar-refractivity contribution in [3.8, 4) is 0 Å². The van der Waals surface area contributed by atoms with Gasteiger partial charge in [0.25, 0.3) is 5.69 Å². The number of aromatic nitrogens is 2. The second-order valence-electron chi connectivity index (χ2n) is 4.56. The quantitative estimate of drug-likeness (QED) is 0.332. The number of nitro benzene ring substituents is 1. The highest BCUT2D eigenvalue weighted by Gasteiger charge is 2.14. The van der Waals surface area contributed by atoms with E-state index >= 15 is 0 Å². The Balaban J connectivity index is 1.90. The van der Waals surface area contributed by atoms with E-state index in [1.807, 2.05) is 0 Å². The van der Waals surface area contributed by atoms with E-state index < -0.39 is 4.92 Å². The van der Waals surface area contributed by atoms with Crippen LogP contribution in [0.4, 0.5) is 16.5 Å². The number of carbonyl (C=O) groups excluding carboxylic acids is 1. The van der Waals surface area contributed by atoms with Gasteiger partial charge in [-0.2, -0.15) is 0 Å². The second kappa shape index (κ2) is 8.41. The van der Waals surface area contributed by atoms with Gasteiger partial charge in [-0.05, 0) is 12.1 Å². The number of nitro groups is 1. The van der Waals surface area contributed by atoms with Gasteiger partial charge in [0, 0.05) is 31.4 Å². The van der Waals surface area contributed by atoms with Crippen LogP contribution in [0.3, 0.4) is 0 Å². The molecule has 1 N–H and O–H groups in total. The van der Waals surface area contributed by atoms with Crippen molar-refractivity contribution in [3.05, 3.63) is 47.0 Å². The number of hydrogen-bond acceptors (Lipinski definition) is 8. The van der Waals surface area contributed by atoms with Gasteiger partial charge >= 0.3 is 0 Å². The molecule has 8 nitrogen and oxygen atoms in total. The van der Waals surface area contributed by atoms with Gasteiger partial charge in [-0.15, -0.1) is 16.8 Å². The normalized spacial score (nSPS) is 10.2. The summed E-state index contributed by atoms with van der Waals surface area (Å²) in [5, 5.41) is 22.3. The molecule has 126 valence electrons. The van der Waals surface area contributed by atoms with Crippen molar-refractivity contribution in [1.82, 2.24) is 10.2 Å². The topological polar surface area (TPSA) is 101 Å². The van der Waals surface area contributed by atoms with Gasteiger partial charge in [-0.1, -0.05) is 29.2 Å². The molecule has 2 aromatic rings. The van der Waals surface area contributed by atoms with E-state index in [9.17, 15) is 14.9 Å². The first-order chi connectivity index (χ1) is 11.5. The highest BCUT2D eigenvalue weighted by atomic mass is 32.2. The Bertz CT molecular complexity index is 732. The van der Waals surface area contributed by atoms with E-state index in [1.54, 1.807) is 25.3 Å². The number of nitrogens with one attached hydrogen (secondary N) is 1. The summed E-state index contributed by atoms with van der Waals surface area (Å²) in [6, 6.07) is 5.83. The first kappa shape index (κ1) is 17.9. The monoisotopic (exact) mass is 365 g/mol. The summed E-state index contributed by atoms with van der Waals surface area (Å²) in [4.78, 5) is 23.8. The molecule has 0 saturated carbocycles. The zero-order chi connectivity index (χ0) is 17.5. The van der Waals surface area contributed by atoms with Crippen LogP contribution in [0, 0.1) is 10.1 Å². The van der Waals surface area contributed by atoms with Crippen LogP contribution in [0.5, 0.6) is 0 Å². The Labute approximate surface area is 146 Å².